The van der Waals surface area contributed by atoms with Gasteiger partial charge in [0, 0.05) is 37.1 Å². The predicted molar refractivity (Wildman–Crippen MR) is 203 cm³/mol. The number of ketones is 1. The third-order valence-electron chi connectivity index (χ3n) is 12.2. The molecule has 15 heteroatoms. The van der Waals surface area contributed by atoms with E-state index >= 15 is 0 Å². The van der Waals surface area contributed by atoms with E-state index in [9.17, 15) is 32.4 Å². The maximum Gasteiger partial charge on any atom is 0.315 e. The molecule has 2 saturated carbocycles. The molecule has 5 rings (SSSR count). The number of sulfonamides is 1. The first-order chi connectivity index (χ1) is 24.8. The molecule has 1 aromatic heterocycles. The number of nitrogens with zero attached hydrogens (tertiary/aromatic N) is 2. The molecule has 0 bridgehead atoms. The number of Topliss-reactive ketones (excluding diaryl/α,β-unsaturated/α-hetero) is 1. The Labute approximate surface area is 318 Å². The maximum absolute atomic E-state index is 14.9. The number of carbonyl (C=O) groups excluding carboxylic acids is 5. The number of amides is 5. The van der Waals surface area contributed by atoms with Crippen LogP contribution in [0.1, 0.15) is 98.3 Å². The number of likely N-dealkylation sites (tertiary alicyclic amines) is 1. The molecule has 294 valence electrons. The first-order valence-electron chi connectivity index (χ1n) is 18.9. The smallest absolute Gasteiger partial charge is 0.315 e. The highest BCUT2D eigenvalue weighted by Crippen LogP contribution is 2.65. The van der Waals surface area contributed by atoms with E-state index in [1.165, 1.54) is 21.7 Å². The lowest BCUT2D eigenvalue weighted by Gasteiger charge is -2.43. The average molecular weight is 775 g/mol. The molecule has 3 fully saturated rings. The van der Waals surface area contributed by atoms with Gasteiger partial charge in [0.2, 0.25) is 27.6 Å². The van der Waals surface area contributed by atoms with Crippen LogP contribution >= 0.6 is 11.3 Å². The lowest BCUT2D eigenvalue weighted by molar-refractivity contribution is -0.146. The fourth-order valence-corrected chi connectivity index (χ4v) is 11.6. The maximum atomic E-state index is 14.9. The van der Waals surface area contributed by atoms with Gasteiger partial charge in [-0.05, 0) is 58.8 Å². The van der Waals surface area contributed by atoms with Crippen molar-refractivity contribution >= 4 is 50.9 Å². The summed E-state index contributed by atoms with van der Waals surface area (Å²) in [5, 5.41) is 13.2. The molecular weight excluding hydrogens is 717 g/mol. The topological polar surface area (TPSA) is 174 Å². The van der Waals surface area contributed by atoms with Gasteiger partial charge in [-0.1, -0.05) is 80.2 Å². The highest BCUT2D eigenvalue weighted by Gasteiger charge is 2.70. The minimum absolute atomic E-state index is 0.0583. The first-order valence-corrected chi connectivity index (χ1v) is 21.3. The molecule has 5 amide bonds. The summed E-state index contributed by atoms with van der Waals surface area (Å²) in [6.45, 7) is 18.1. The summed E-state index contributed by atoms with van der Waals surface area (Å²) in [6.07, 6.45) is 6.48. The van der Waals surface area contributed by atoms with Crippen molar-refractivity contribution in [3.63, 3.8) is 0 Å². The lowest BCUT2D eigenvalue weighted by Crippen LogP contribution is -2.63. The van der Waals surface area contributed by atoms with Gasteiger partial charge < -0.3 is 26.2 Å². The molecule has 4 N–H and O–H groups in total. The van der Waals surface area contributed by atoms with Crippen molar-refractivity contribution in [2.24, 2.45) is 28.1 Å². The molecule has 4 aliphatic rings. The third kappa shape index (κ3) is 8.22. The van der Waals surface area contributed by atoms with Gasteiger partial charge in [0.15, 0.2) is 0 Å². The SMILES string of the molecule is C=CCNC(=O)C(=O)C(CCC)NC(=O)[C@@H]1[C@@H]2[C@H](CN1C(=O)[C@@H](NC(=O)N[C@H](CN1Cc3sccc3S1(=O)=O)C(C)(C)C)C1(C)CCCCC1)C2(C)C. The van der Waals surface area contributed by atoms with Crippen molar-refractivity contribution in [3.8, 4) is 0 Å². The normalized spacial score (nSPS) is 25.6. The second-order valence-corrected chi connectivity index (χ2v) is 20.2. The summed E-state index contributed by atoms with van der Waals surface area (Å²) in [5.41, 5.74) is -1.33. The zero-order valence-electron chi connectivity index (χ0n) is 32.3. The summed E-state index contributed by atoms with van der Waals surface area (Å²) in [5.74, 6) is -2.48. The van der Waals surface area contributed by atoms with E-state index in [4.69, 9.17) is 0 Å². The van der Waals surface area contributed by atoms with Gasteiger partial charge in [-0.15, -0.1) is 17.9 Å². The summed E-state index contributed by atoms with van der Waals surface area (Å²) < 4.78 is 28.0. The summed E-state index contributed by atoms with van der Waals surface area (Å²) in [6, 6.07) is -2.44. The summed E-state index contributed by atoms with van der Waals surface area (Å²) in [4.78, 5) is 71.4. The molecule has 2 aliphatic heterocycles. The van der Waals surface area contributed by atoms with Crippen molar-refractivity contribution in [2.45, 2.75) is 129 Å². The lowest BCUT2D eigenvalue weighted by atomic mass is 9.70. The Morgan fingerprint density at radius 1 is 1.06 bits per heavy atom. The van der Waals surface area contributed by atoms with Gasteiger partial charge in [-0.3, -0.25) is 19.2 Å². The number of piperidine rings is 1. The van der Waals surface area contributed by atoms with Gasteiger partial charge in [0.05, 0.1) is 10.9 Å². The molecule has 2 aliphatic carbocycles. The Hall–Kier alpha value is -3.30. The number of rotatable bonds is 14. The van der Waals surface area contributed by atoms with Gasteiger partial charge in [0.25, 0.3) is 5.91 Å². The van der Waals surface area contributed by atoms with E-state index in [0.29, 0.717) is 30.7 Å². The predicted octanol–water partition coefficient (Wildman–Crippen LogP) is 3.94. The van der Waals surface area contributed by atoms with Crippen molar-refractivity contribution in [3.05, 3.63) is 29.0 Å². The summed E-state index contributed by atoms with van der Waals surface area (Å²) in [7, 11) is -3.69. The Morgan fingerprint density at radius 3 is 2.34 bits per heavy atom. The highest BCUT2D eigenvalue weighted by molar-refractivity contribution is 7.89. The Kier molecular flexibility index (Phi) is 11.9. The number of fused-ring (bicyclic) bond motifs is 2. The first kappa shape index (κ1) is 40.9. The van der Waals surface area contributed by atoms with Gasteiger partial charge in [-0.25, -0.2) is 13.2 Å². The van der Waals surface area contributed by atoms with E-state index in [0.717, 1.165) is 24.1 Å². The zero-order chi connectivity index (χ0) is 39.1. The fraction of sp³-hybridized carbons (Fsp3) is 0.711. The second kappa shape index (κ2) is 15.4. The van der Waals surface area contributed by atoms with Crippen LogP contribution in [0.4, 0.5) is 4.79 Å². The van der Waals surface area contributed by atoms with Crippen LogP contribution in [0.3, 0.4) is 0 Å². The fourth-order valence-electron chi connectivity index (χ4n) is 8.68. The zero-order valence-corrected chi connectivity index (χ0v) is 33.9. The van der Waals surface area contributed by atoms with Crippen LogP contribution in [0, 0.1) is 28.1 Å². The average Bonchev–Trinajstić information content (AvgIpc) is 3.54. The summed E-state index contributed by atoms with van der Waals surface area (Å²) >= 11 is 1.39. The third-order valence-corrected chi connectivity index (χ3v) is 15.1. The number of nitrogens with one attached hydrogen (secondary N) is 4. The van der Waals surface area contributed by atoms with Crippen LogP contribution in [0.2, 0.25) is 0 Å². The number of carbonyl (C=O) groups is 5. The molecule has 0 aromatic carbocycles. The molecule has 3 heterocycles. The number of hydrogen-bond acceptors (Lipinski definition) is 8. The van der Waals surface area contributed by atoms with Crippen molar-refractivity contribution in [2.75, 3.05) is 19.6 Å². The van der Waals surface area contributed by atoms with E-state index < -0.39 is 68.6 Å². The molecule has 6 atom stereocenters. The Balaban J connectivity index is 1.37. The van der Waals surface area contributed by atoms with Crippen molar-refractivity contribution in [1.82, 2.24) is 30.5 Å². The monoisotopic (exact) mass is 774 g/mol. The quantitative estimate of drug-likeness (QED) is 0.164. The minimum atomic E-state index is -3.69. The Morgan fingerprint density at radius 2 is 1.74 bits per heavy atom. The molecule has 0 radical (unpaired) electrons. The van der Waals surface area contributed by atoms with Crippen LogP contribution in [-0.2, 0) is 35.7 Å². The van der Waals surface area contributed by atoms with E-state index in [1.807, 2.05) is 34.6 Å². The van der Waals surface area contributed by atoms with Gasteiger partial charge in [0.1, 0.15) is 12.1 Å². The van der Waals surface area contributed by atoms with Crippen molar-refractivity contribution < 1.29 is 32.4 Å². The molecule has 0 spiro atoms. The standard InChI is InChI=1S/C38H58N6O7S2/c1-9-14-24(30(45)33(47)39-18-10-2)40-32(46)29-28-23(37(28,6)7)20-44(29)34(48)31(38(8)16-12-11-13-17-38)42-35(49)41-27(36(3,4)5)22-43-21-25-26(15-19-52-25)53(43,50)51/h10,15,19,23-24,27-29,31H,2,9,11-14,16-18,20-22H2,1,3-8H3,(H,39,47)(H,40,46)(H2,41,42,49)/t23-,24?,27+,28-,29-,31+/m0/s1. The largest absolute Gasteiger partial charge is 0.346 e. The molecular formula is C38H58N6O7S2. The molecule has 1 saturated heterocycles. The minimum Gasteiger partial charge on any atom is -0.346 e. The van der Waals surface area contributed by atoms with Crippen LogP contribution in [0.5, 0.6) is 0 Å². The van der Waals surface area contributed by atoms with Crippen LogP contribution in [0.15, 0.2) is 29.0 Å². The molecule has 1 unspecified atom stereocenters. The molecule has 13 nitrogen and oxygen atoms in total. The highest BCUT2D eigenvalue weighted by atomic mass is 32.2. The van der Waals surface area contributed by atoms with Crippen LogP contribution in [-0.4, -0.2) is 91.0 Å². The number of hydrogen-bond donors (Lipinski definition) is 4. The molecule has 53 heavy (non-hydrogen) atoms. The number of thiophene rings is 1. The Bertz CT molecular complexity index is 1710. The van der Waals surface area contributed by atoms with E-state index in [2.05, 4.69) is 41.7 Å². The van der Waals surface area contributed by atoms with Crippen LogP contribution in [0.25, 0.3) is 0 Å². The molecule has 1 aromatic rings. The van der Waals surface area contributed by atoms with Gasteiger partial charge >= 0.3 is 6.03 Å². The second-order valence-electron chi connectivity index (χ2n) is 17.3. The van der Waals surface area contributed by atoms with Crippen LogP contribution < -0.4 is 21.3 Å². The van der Waals surface area contributed by atoms with Gasteiger partial charge in [-0.2, -0.15) is 4.31 Å². The number of urea groups is 1. The van der Waals surface area contributed by atoms with Crippen molar-refractivity contribution in [1.29, 1.82) is 0 Å². The van der Waals surface area contributed by atoms with E-state index in [-0.39, 0.29) is 49.2 Å². The van der Waals surface area contributed by atoms with E-state index in [1.54, 1.807) is 16.3 Å².